The van der Waals surface area contributed by atoms with Gasteiger partial charge in [0.05, 0.1) is 17.0 Å². The molecule has 0 bridgehead atoms. The molecule has 0 atom stereocenters. The maximum absolute atomic E-state index is 10.7. The van der Waals surface area contributed by atoms with Crippen molar-refractivity contribution in [2.75, 3.05) is 0 Å². The maximum Gasteiger partial charge on any atom is 0.270 e. The van der Waals surface area contributed by atoms with Gasteiger partial charge in [0.1, 0.15) is 0 Å². The van der Waals surface area contributed by atoms with Gasteiger partial charge in [-0.2, -0.15) is 0 Å². The number of nitrogens with zero attached hydrogens (tertiary/aromatic N) is 2. The number of halogens is 1. The molecule has 0 saturated heterocycles. The van der Waals surface area contributed by atoms with Gasteiger partial charge in [0.25, 0.3) is 5.69 Å². The molecule has 6 heteroatoms. The molecule has 0 spiro atoms. The number of nitro groups is 1. The molecule has 88 valence electrons. The fourth-order valence-electron chi connectivity index (χ4n) is 1.52. The summed E-state index contributed by atoms with van der Waals surface area (Å²) in [4.78, 5) is 14.2. The molecule has 0 amide bonds. The molecule has 1 aromatic heterocycles. The summed E-state index contributed by atoms with van der Waals surface area (Å²) in [5.41, 5.74) is 1.45. The normalized spacial score (nSPS) is 10.5. The Kier molecular flexibility index (Phi) is 3.10. The molecule has 0 radical (unpaired) electrons. The van der Waals surface area contributed by atoms with Gasteiger partial charge in [0.15, 0.2) is 5.76 Å². The van der Waals surface area contributed by atoms with E-state index < -0.39 is 4.92 Å². The lowest BCUT2D eigenvalue weighted by atomic mass is 10.1. The zero-order chi connectivity index (χ0) is 12.4. The van der Waals surface area contributed by atoms with E-state index in [1.54, 1.807) is 13.0 Å². The van der Waals surface area contributed by atoms with Crippen LogP contribution in [0.1, 0.15) is 11.5 Å². The van der Waals surface area contributed by atoms with Crippen LogP contribution in [0.15, 0.2) is 28.8 Å². The van der Waals surface area contributed by atoms with Crippen molar-refractivity contribution in [1.82, 2.24) is 4.98 Å². The Bertz CT molecular complexity index is 566. The topological polar surface area (TPSA) is 69.2 Å². The number of benzene rings is 1. The van der Waals surface area contributed by atoms with Gasteiger partial charge in [0.2, 0.25) is 5.89 Å². The minimum Gasteiger partial charge on any atom is -0.439 e. The Morgan fingerprint density at radius 1 is 1.47 bits per heavy atom. The Hall–Kier alpha value is -1.88. The standard InChI is InChI=1S/C11H9ClN2O3/c1-7-2-8(4-9(3-7)14(15)16)10-6-13-11(5-12)17-10/h2-4,6H,5H2,1H3. The first-order valence-corrected chi connectivity index (χ1v) is 5.40. The summed E-state index contributed by atoms with van der Waals surface area (Å²) >= 11 is 5.58. The zero-order valence-electron chi connectivity index (χ0n) is 9.01. The number of alkyl halides is 1. The maximum atomic E-state index is 10.7. The SMILES string of the molecule is Cc1cc(-c2cnc(CCl)o2)cc([N+](=O)[O-])c1. The van der Waals surface area contributed by atoms with E-state index in [2.05, 4.69) is 4.98 Å². The molecule has 0 aliphatic carbocycles. The van der Waals surface area contributed by atoms with Crippen LogP contribution in [-0.4, -0.2) is 9.91 Å². The third kappa shape index (κ3) is 2.45. The number of rotatable bonds is 3. The van der Waals surface area contributed by atoms with Crippen molar-refractivity contribution in [3.63, 3.8) is 0 Å². The number of hydrogen-bond donors (Lipinski definition) is 0. The molecule has 2 rings (SSSR count). The van der Waals surface area contributed by atoms with E-state index >= 15 is 0 Å². The van der Waals surface area contributed by atoms with Crippen molar-refractivity contribution in [2.24, 2.45) is 0 Å². The Balaban J connectivity index is 2.47. The van der Waals surface area contributed by atoms with Crippen LogP contribution in [0.5, 0.6) is 0 Å². The monoisotopic (exact) mass is 252 g/mol. The number of aryl methyl sites for hydroxylation is 1. The third-order valence-electron chi connectivity index (χ3n) is 2.23. The van der Waals surface area contributed by atoms with Crippen molar-refractivity contribution in [1.29, 1.82) is 0 Å². The zero-order valence-corrected chi connectivity index (χ0v) is 9.77. The van der Waals surface area contributed by atoms with E-state index in [1.165, 1.54) is 18.3 Å². The highest BCUT2D eigenvalue weighted by Crippen LogP contribution is 2.26. The number of oxazole rings is 1. The molecule has 0 aliphatic heterocycles. The van der Waals surface area contributed by atoms with E-state index in [1.807, 2.05) is 0 Å². The Labute approximate surface area is 102 Å². The van der Waals surface area contributed by atoms with Crippen LogP contribution in [0.25, 0.3) is 11.3 Å². The lowest BCUT2D eigenvalue weighted by molar-refractivity contribution is -0.384. The lowest BCUT2D eigenvalue weighted by Crippen LogP contribution is -1.89. The van der Waals surface area contributed by atoms with Crippen LogP contribution < -0.4 is 0 Å². The molecule has 1 aromatic carbocycles. The van der Waals surface area contributed by atoms with Gasteiger partial charge < -0.3 is 4.42 Å². The first kappa shape index (κ1) is 11.6. The first-order valence-electron chi connectivity index (χ1n) is 4.87. The van der Waals surface area contributed by atoms with Gasteiger partial charge >= 0.3 is 0 Å². The van der Waals surface area contributed by atoms with Gasteiger partial charge in [0, 0.05) is 17.7 Å². The first-order chi connectivity index (χ1) is 8.10. The Morgan fingerprint density at radius 3 is 2.82 bits per heavy atom. The molecule has 17 heavy (non-hydrogen) atoms. The summed E-state index contributed by atoms with van der Waals surface area (Å²) in [6.45, 7) is 1.79. The molecule has 5 nitrogen and oxygen atoms in total. The van der Waals surface area contributed by atoms with Gasteiger partial charge in [-0.3, -0.25) is 10.1 Å². The van der Waals surface area contributed by atoms with Crippen molar-refractivity contribution >= 4 is 17.3 Å². The van der Waals surface area contributed by atoms with Gasteiger partial charge in [-0.15, -0.1) is 11.6 Å². The largest absolute Gasteiger partial charge is 0.439 e. The van der Waals surface area contributed by atoms with Crippen LogP contribution >= 0.6 is 11.6 Å². The van der Waals surface area contributed by atoms with Crippen LogP contribution in [0.3, 0.4) is 0 Å². The predicted octanol–water partition coefficient (Wildman–Crippen LogP) is 3.30. The van der Waals surface area contributed by atoms with Crippen molar-refractivity contribution < 1.29 is 9.34 Å². The molecule has 2 aromatic rings. The fraction of sp³-hybridized carbons (Fsp3) is 0.182. The molecule has 1 heterocycles. The quantitative estimate of drug-likeness (QED) is 0.477. The summed E-state index contributed by atoms with van der Waals surface area (Å²) in [5.74, 6) is 1.05. The average molecular weight is 253 g/mol. The summed E-state index contributed by atoms with van der Waals surface area (Å²) in [6, 6.07) is 4.75. The highest BCUT2D eigenvalue weighted by atomic mass is 35.5. The second-order valence-corrected chi connectivity index (χ2v) is 3.83. The minimum absolute atomic E-state index is 0.0313. The predicted molar refractivity (Wildman–Crippen MR) is 62.9 cm³/mol. The lowest BCUT2D eigenvalue weighted by Gasteiger charge is -1.99. The van der Waals surface area contributed by atoms with Gasteiger partial charge in [-0.05, 0) is 18.6 Å². The average Bonchev–Trinajstić information content (AvgIpc) is 2.76. The summed E-state index contributed by atoms with van der Waals surface area (Å²) < 4.78 is 5.34. The van der Waals surface area contributed by atoms with E-state index in [-0.39, 0.29) is 11.6 Å². The third-order valence-corrected chi connectivity index (χ3v) is 2.45. The molecule has 0 N–H and O–H groups in total. The molecule has 0 fully saturated rings. The summed E-state index contributed by atoms with van der Waals surface area (Å²) in [6.07, 6.45) is 1.51. The highest BCUT2D eigenvalue weighted by Gasteiger charge is 2.12. The summed E-state index contributed by atoms with van der Waals surface area (Å²) in [5, 5.41) is 10.7. The van der Waals surface area contributed by atoms with E-state index in [0.29, 0.717) is 17.2 Å². The van der Waals surface area contributed by atoms with Crippen LogP contribution in [0.4, 0.5) is 5.69 Å². The molecule has 0 saturated carbocycles. The smallest absolute Gasteiger partial charge is 0.270 e. The van der Waals surface area contributed by atoms with Gasteiger partial charge in [-0.25, -0.2) is 4.98 Å². The Morgan fingerprint density at radius 2 is 2.24 bits per heavy atom. The van der Waals surface area contributed by atoms with Crippen molar-refractivity contribution in [3.8, 4) is 11.3 Å². The molecule has 0 aliphatic rings. The van der Waals surface area contributed by atoms with E-state index in [0.717, 1.165) is 5.56 Å². The van der Waals surface area contributed by atoms with E-state index in [4.69, 9.17) is 16.0 Å². The molecular formula is C11H9ClN2O3. The highest BCUT2D eigenvalue weighted by molar-refractivity contribution is 6.16. The number of non-ortho nitro benzene ring substituents is 1. The van der Waals surface area contributed by atoms with E-state index in [9.17, 15) is 10.1 Å². The van der Waals surface area contributed by atoms with Crippen LogP contribution in [0.2, 0.25) is 0 Å². The fourth-order valence-corrected chi connectivity index (χ4v) is 1.64. The number of hydrogen-bond acceptors (Lipinski definition) is 4. The number of aromatic nitrogens is 1. The summed E-state index contributed by atoms with van der Waals surface area (Å²) in [7, 11) is 0. The number of nitro benzene ring substituents is 1. The van der Waals surface area contributed by atoms with Gasteiger partial charge in [-0.1, -0.05) is 0 Å². The van der Waals surface area contributed by atoms with Crippen molar-refractivity contribution in [2.45, 2.75) is 12.8 Å². The van der Waals surface area contributed by atoms with Crippen molar-refractivity contribution in [3.05, 3.63) is 46.0 Å². The molecular weight excluding hydrogens is 244 g/mol. The second-order valence-electron chi connectivity index (χ2n) is 3.57. The minimum atomic E-state index is -0.435. The van der Waals surface area contributed by atoms with Crippen LogP contribution in [0, 0.1) is 17.0 Å². The second kappa shape index (κ2) is 4.55. The van der Waals surface area contributed by atoms with Crippen LogP contribution in [-0.2, 0) is 5.88 Å². The molecule has 0 unspecified atom stereocenters.